The van der Waals surface area contributed by atoms with Gasteiger partial charge in [-0.25, -0.2) is 18.4 Å². The van der Waals surface area contributed by atoms with Crippen molar-refractivity contribution in [3.63, 3.8) is 0 Å². The fourth-order valence-corrected chi connectivity index (χ4v) is 2.13. The molecule has 2 aromatic rings. The lowest BCUT2D eigenvalue weighted by atomic mass is 10.2. The summed E-state index contributed by atoms with van der Waals surface area (Å²) in [4.78, 5) is 9.70. The van der Waals surface area contributed by atoms with Gasteiger partial charge in [0.25, 0.3) is 0 Å². The van der Waals surface area contributed by atoms with E-state index in [-0.39, 0.29) is 5.16 Å². The van der Waals surface area contributed by atoms with Crippen LogP contribution in [0, 0.1) is 0 Å². The SMILES string of the molecule is CN(Cc1ccccc1)c1cnc(S(C)(=O)=O)nc1. The van der Waals surface area contributed by atoms with Gasteiger partial charge in [-0.15, -0.1) is 0 Å². The average molecular weight is 277 g/mol. The van der Waals surface area contributed by atoms with Crippen LogP contribution in [0.1, 0.15) is 5.56 Å². The number of anilines is 1. The molecule has 0 aliphatic rings. The number of sulfone groups is 1. The van der Waals surface area contributed by atoms with Crippen LogP contribution in [0.3, 0.4) is 0 Å². The molecule has 2 rings (SSSR count). The van der Waals surface area contributed by atoms with Crippen LogP contribution in [-0.4, -0.2) is 31.7 Å². The van der Waals surface area contributed by atoms with E-state index in [9.17, 15) is 8.42 Å². The quantitative estimate of drug-likeness (QED) is 0.793. The lowest BCUT2D eigenvalue weighted by Crippen LogP contribution is -2.17. The van der Waals surface area contributed by atoms with Gasteiger partial charge in [-0.2, -0.15) is 0 Å². The summed E-state index contributed by atoms with van der Waals surface area (Å²) in [6.07, 6.45) is 4.13. The molecule has 0 fully saturated rings. The van der Waals surface area contributed by atoms with E-state index < -0.39 is 9.84 Å². The molecule has 0 atom stereocenters. The summed E-state index contributed by atoms with van der Waals surface area (Å²) in [6.45, 7) is 0.711. The molecule has 0 bridgehead atoms. The molecule has 0 saturated carbocycles. The van der Waals surface area contributed by atoms with E-state index in [4.69, 9.17) is 0 Å². The lowest BCUT2D eigenvalue weighted by molar-refractivity contribution is 0.593. The van der Waals surface area contributed by atoms with Crippen molar-refractivity contribution < 1.29 is 8.42 Å². The van der Waals surface area contributed by atoms with Gasteiger partial charge in [-0.05, 0) is 5.56 Å². The minimum atomic E-state index is -3.34. The first-order valence-electron chi connectivity index (χ1n) is 5.74. The van der Waals surface area contributed by atoms with Crippen LogP contribution in [0.5, 0.6) is 0 Å². The lowest BCUT2D eigenvalue weighted by Gasteiger charge is -2.18. The number of nitrogens with zero attached hydrogens (tertiary/aromatic N) is 3. The Kier molecular flexibility index (Phi) is 3.80. The molecule has 1 aromatic carbocycles. The first kappa shape index (κ1) is 13.5. The Morgan fingerprint density at radius 2 is 1.68 bits per heavy atom. The van der Waals surface area contributed by atoms with E-state index in [2.05, 4.69) is 9.97 Å². The molecule has 5 nitrogen and oxygen atoms in total. The van der Waals surface area contributed by atoms with E-state index in [1.54, 1.807) is 0 Å². The summed E-state index contributed by atoms with van der Waals surface area (Å²) in [7, 11) is -1.44. The van der Waals surface area contributed by atoms with Crippen molar-refractivity contribution in [2.75, 3.05) is 18.2 Å². The normalized spacial score (nSPS) is 11.3. The number of aromatic nitrogens is 2. The monoisotopic (exact) mass is 277 g/mol. The van der Waals surface area contributed by atoms with Gasteiger partial charge in [0.1, 0.15) is 0 Å². The summed E-state index contributed by atoms with van der Waals surface area (Å²) in [5.74, 6) is 0. The molecule has 0 saturated heterocycles. The van der Waals surface area contributed by atoms with Gasteiger partial charge >= 0.3 is 0 Å². The zero-order chi connectivity index (χ0) is 13.9. The Morgan fingerprint density at radius 3 is 2.21 bits per heavy atom. The fraction of sp³-hybridized carbons (Fsp3) is 0.231. The Balaban J connectivity index is 2.14. The zero-order valence-corrected chi connectivity index (χ0v) is 11.6. The topological polar surface area (TPSA) is 63.2 Å². The second kappa shape index (κ2) is 5.36. The fourth-order valence-electron chi connectivity index (χ4n) is 1.65. The van der Waals surface area contributed by atoms with Gasteiger partial charge < -0.3 is 4.90 Å². The van der Waals surface area contributed by atoms with Gasteiger partial charge in [0.05, 0.1) is 18.1 Å². The van der Waals surface area contributed by atoms with E-state index >= 15 is 0 Å². The third-order valence-electron chi connectivity index (χ3n) is 2.65. The van der Waals surface area contributed by atoms with Gasteiger partial charge in [0.15, 0.2) is 0 Å². The van der Waals surface area contributed by atoms with Crippen molar-refractivity contribution in [1.29, 1.82) is 0 Å². The summed E-state index contributed by atoms with van der Waals surface area (Å²) >= 11 is 0. The first-order valence-corrected chi connectivity index (χ1v) is 7.63. The highest BCUT2D eigenvalue weighted by molar-refractivity contribution is 7.90. The summed E-state index contributed by atoms with van der Waals surface area (Å²) < 4.78 is 22.5. The highest BCUT2D eigenvalue weighted by Crippen LogP contribution is 2.14. The minimum absolute atomic E-state index is 0.149. The minimum Gasteiger partial charge on any atom is -0.368 e. The van der Waals surface area contributed by atoms with Crippen molar-refractivity contribution >= 4 is 15.5 Å². The molecule has 100 valence electrons. The molecule has 0 amide bonds. The molecule has 0 radical (unpaired) electrons. The van der Waals surface area contributed by atoms with Gasteiger partial charge in [-0.1, -0.05) is 30.3 Å². The number of hydrogen-bond acceptors (Lipinski definition) is 5. The van der Waals surface area contributed by atoms with Crippen molar-refractivity contribution in [2.45, 2.75) is 11.7 Å². The molecular weight excluding hydrogens is 262 g/mol. The van der Waals surface area contributed by atoms with Gasteiger partial charge in [0.2, 0.25) is 15.0 Å². The molecule has 0 spiro atoms. The van der Waals surface area contributed by atoms with Crippen molar-refractivity contribution in [2.24, 2.45) is 0 Å². The molecule has 1 heterocycles. The summed E-state index contributed by atoms with van der Waals surface area (Å²) in [5, 5.41) is -0.149. The Morgan fingerprint density at radius 1 is 1.11 bits per heavy atom. The number of hydrogen-bond donors (Lipinski definition) is 0. The molecule has 1 aromatic heterocycles. The molecule has 0 aliphatic heterocycles. The standard InChI is InChI=1S/C13H15N3O2S/c1-16(10-11-6-4-3-5-7-11)12-8-14-13(15-9-12)19(2,17)18/h3-9H,10H2,1-2H3. The summed E-state index contributed by atoms with van der Waals surface area (Å²) in [6, 6.07) is 9.98. The summed E-state index contributed by atoms with van der Waals surface area (Å²) in [5.41, 5.74) is 1.94. The zero-order valence-electron chi connectivity index (χ0n) is 10.8. The van der Waals surface area contributed by atoms with Crippen LogP contribution in [0.2, 0.25) is 0 Å². The highest BCUT2D eigenvalue weighted by Gasteiger charge is 2.11. The first-order chi connectivity index (χ1) is 8.97. The van der Waals surface area contributed by atoms with Crippen molar-refractivity contribution in [1.82, 2.24) is 9.97 Å². The number of benzene rings is 1. The Hall–Kier alpha value is -1.95. The third-order valence-corrected chi connectivity index (χ3v) is 3.52. The Bertz CT molecular complexity index is 639. The van der Waals surface area contributed by atoms with E-state index in [0.29, 0.717) is 6.54 Å². The third kappa shape index (κ3) is 3.51. The van der Waals surface area contributed by atoms with E-state index in [1.807, 2.05) is 42.3 Å². The van der Waals surface area contributed by atoms with Crippen LogP contribution >= 0.6 is 0 Å². The van der Waals surface area contributed by atoms with Crippen molar-refractivity contribution in [3.05, 3.63) is 48.3 Å². The molecular formula is C13H15N3O2S. The molecule has 6 heteroatoms. The van der Waals surface area contributed by atoms with Crippen LogP contribution in [-0.2, 0) is 16.4 Å². The largest absolute Gasteiger partial charge is 0.368 e. The maximum atomic E-state index is 11.3. The van der Waals surface area contributed by atoms with Crippen LogP contribution < -0.4 is 4.90 Å². The Labute approximate surface area is 112 Å². The molecule has 19 heavy (non-hydrogen) atoms. The average Bonchev–Trinajstić information content (AvgIpc) is 2.39. The van der Waals surface area contributed by atoms with Gasteiger partial charge in [0, 0.05) is 19.8 Å². The maximum Gasteiger partial charge on any atom is 0.246 e. The van der Waals surface area contributed by atoms with E-state index in [0.717, 1.165) is 17.5 Å². The molecule has 0 aliphatic carbocycles. The highest BCUT2D eigenvalue weighted by atomic mass is 32.2. The van der Waals surface area contributed by atoms with Crippen LogP contribution in [0.25, 0.3) is 0 Å². The van der Waals surface area contributed by atoms with Crippen LogP contribution in [0.15, 0.2) is 47.9 Å². The predicted octanol–water partition coefficient (Wildman–Crippen LogP) is 1.52. The number of rotatable bonds is 4. The second-order valence-corrected chi connectivity index (χ2v) is 6.25. The maximum absolute atomic E-state index is 11.3. The molecule has 0 unspecified atom stereocenters. The smallest absolute Gasteiger partial charge is 0.246 e. The second-order valence-electron chi connectivity index (χ2n) is 4.34. The predicted molar refractivity (Wildman–Crippen MR) is 73.7 cm³/mol. The molecule has 0 N–H and O–H groups in total. The van der Waals surface area contributed by atoms with Gasteiger partial charge in [-0.3, -0.25) is 0 Å². The van der Waals surface area contributed by atoms with Crippen LogP contribution in [0.4, 0.5) is 5.69 Å². The van der Waals surface area contributed by atoms with E-state index in [1.165, 1.54) is 12.4 Å². The van der Waals surface area contributed by atoms with Crippen molar-refractivity contribution in [3.8, 4) is 0 Å².